The van der Waals surface area contributed by atoms with E-state index in [9.17, 15) is 22.8 Å². The normalized spacial score (nSPS) is 26.3. The Hall–Kier alpha value is -6.92. The van der Waals surface area contributed by atoms with Crippen molar-refractivity contribution < 1.29 is 26.7 Å². The lowest BCUT2D eigenvalue weighted by atomic mass is 9.58. The summed E-state index contributed by atoms with van der Waals surface area (Å²) in [5.74, 6) is 2.69. The Labute approximate surface area is 454 Å². The number of nitrogens with one attached hydrogen (secondary N) is 2. The van der Waals surface area contributed by atoms with E-state index in [1.165, 1.54) is 18.7 Å². The Morgan fingerprint density at radius 1 is 0.835 bits per heavy atom. The molecule has 18 heteroatoms. The van der Waals surface area contributed by atoms with Crippen molar-refractivity contribution in [3.8, 4) is 22.3 Å². The van der Waals surface area contributed by atoms with E-state index >= 15 is 4.39 Å². The number of alkyl halides is 4. The van der Waals surface area contributed by atoms with Crippen LogP contribution in [0.4, 0.5) is 17.6 Å². The average Bonchev–Trinajstić information content (AvgIpc) is 4.03. The highest BCUT2D eigenvalue weighted by atomic mass is 19.4. The molecule has 13 rings (SSSR count). The molecule has 14 nitrogen and oxygen atoms in total. The third-order valence-corrected chi connectivity index (χ3v) is 18.6. The molecule has 5 aliphatic carbocycles. The number of hydrogen-bond donors (Lipinski definition) is 2. The first-order valence-electron chi connectivity index (χ1n) is 27.9. The maximum atomic E-state index is 16.3. The van der Waals surface area contributed by atoms with Gasteiger partial charge in [0.15, 0.2) is 16.9 Å². The third-order valence-electron chi connectivity index (χ3n) is 18.6. The lowest BCUT2D eigenvalue weighted by Crippen LogP contribution is -2.61. The number of aryl methyl sites for hydroxylation is 2. The van der Waals surface area contributed by atoms with Gasteiger partial charge < -0.3 is 19.6 Å². The molecule has 1 unspecified atom stereocenters. The number of benzene rings is 2. The molecule has 5 aliphatic rings. The number of halogens is 4. The van der Waals surface area contributed by atoms with Gasteiger partial charge in [0.25, 0.3) is 11.9 Å². The molecule has 2 aromatic carbocycles. The van der Waals surface area contributed by atoms with Crippen molar-refractivity contribution in [2.24, 2.45) is 25.9 Å². The van der Waals surface area contributed by atoms with Gasteiger partial charge in [0.2, 0.25) is 11.3 Å². The van der Waals surface area contributed by atoms with E-state index in [1.54, 1.807) is 12.4 Å². The summed E-state index contributed by atoms with van der Waals surface area (Å²) in [6, 6.07) is 18.4. The summed E-state index contributed by atoms with van der Waals surface area (Å²) in [4.78, 5) is 38.2. The Bertz CT molecular complexity index is 3870. The maximum absolute atomic E-state index is 16.3. The molecule has 0 saturated heterocycles. The summed E-state index contributed by atoms with van der Waals surface area (Å²) < 4.78 is 73.2. The quantitative estimate of drug-likeness (QED) is 0.0795. The van der Waals surface area contributed by atoms with E-state index in [0.717, 1.165) is 96.6 Å². The molecule has 6 heterocycles. The van der Waals surface area contributed by atoms with Crippen LogP contribution in [0.25, 0.3) is 38.9 Å². The van der Waals surface area contributed by atoms with Crippen molar-refractivity contribution in [1.82, 2.24) is 49.4 Å². The molecule has 5 saturated carbocycles. The highest BCUT2D eigenvalue weighted by Gasteiger charge is 2.54. The molecule has 5 fully saturated rings. The molecule has 8 aromatic rings. The fourth-order valence-electron chi connectivity index (χ4n) is 14.1. The van der Waals surface area contributed by atoms with Crippen LogP contribution in [0.3, 0.4) is 0 Å². The molecule has 410 valence electrons. The summed E-state index contributed by atoms with van der Waals surface area (Å²) in [7, 11) is 3.96. The minimum absolute atomic E-state index is 0.0644. The van der Waals surface area contributed by atoms with Gasteiger partial charge in [-0.15, -0.1) is 14.9 Å². The van der Waals surface area contributed by atoms with E-state index in [2.05, 4.69) is 76.3 Å². The fraction of sp³-hybridized carbons (Fsp3) is 0.475. The molecule has 0 bridgehead atoms. The predicted octanol–water partition coefficient (Wildman–Crippen LogP) is 10.6. The highest BCUT2D eigenvalue weighted by Crippen LogP contribution is 2.54. The van der Waals surface area contributed by atoms with Crippen molar-refractivity contribution in [3.05, 3.63) is 158 Å². The van der Waals surface area contributed by atoms with Crippen molar-refractivity contribution in [3.63, 3.8) is 0 Å². The van der Waals surface area contributed by atoms with Gasteiger partial charge in [-0.1, -0.05) is 50.2 Å². The number of fused-ring (bicyclic) bond motifs is 2. The highest BCUT2D eigenvalue weighted by molar-refractivity contribution is 5.84. The molecule has 1 atom stereocenters. The first-order valence-corrected chi connectivity index (χ1v) is 27.9. The van der Waals surface area contributed by atoms with Crippen molar-refractivity contribution in [1.29, 1.82) is 0 Å². The number of aromatic nitrogens is 9. The smallest absolute Gasteiger partial charge is 0.419 e. The average molecular weight is 1080 g/mol. The zero-order chi connectivity index (χ0) is 55.2. The number of hydrogen-bond acceptors (Lipinski definition) is 10. The van der Waals surface area contributed by atoms with Crippen LogP contribution in [-0.2, 0) is 43.3 Å². The van der Waals surface area contributed by atoms with Gasteiger partial charge in [-0.25, -0.2) is 18.9 Å². The Morgan fingerprint density at radius 3 is 2.09 bits per heavy atom. The van der Waals surface area contributed by atoms with Crippen LogP contribution in [-0.4, -0.2) is 49.9 Å². The summed E-state index contributed by atoms with van der Waals surface area (Å²) in [6.07, 6.45) is 11.8. The topological polar surface area (TPSA) is 154 Å². The molecule has 79 heavy (non-hydrogen) atoms. The van der Waals surface area contributed by atoms with Crippen LogP contribution in [0.1, 0.15) is 163 Å². The van der Waals surface area contributed by atoms with Gasteiger partial charge in [0, 0.05) is 55.9 Å². The molecule has 0 radical (unpaired) electrons. The summed E-state index contributed by atoms with van der Waals surface area (Å²) in [5, 5.41) is 21.5. The van der Waals surface area contributed by atoms with E-state index in [0.29, 0.717) is 52.4 Å². The molecular weight excluding hydrogens is 1010 g/mol. The van der Waals surface area contributed by atoms with Crippen LogP contribution >= 0.6 is 0 Å². The van der Waals surface area contributed by atoms with Crippen LogP contribution in [0.2, 0.25) is 0 Å². The second kappa shape index (κ2) is 18.0. The summed E-state index contributed by atoms with van der Waals surface area (Å²) in [6.45, 7) is 10.9. The number of rotatable bonds is 14. The molecule has 0 aliphatic heterocycles. The van der Waals surface area contributed by atoms with Gasteiger partial charge in [0.1, 0.15) is 30.2 Å². The fourth-order valence-corrected chi connectivity index (χ4v) is 14.1. The monoisotopic (exact) mass is 1080 g/mol. The van der Waals surface area contributed by atoms with Crippen LogP contribution in [0.15, 0.2) is 106 Å². The van der Waals surface area contributed by atoms with E-state index < -0.39 is 34.0 Å². The zero-order valence-electron chi connectivity index (χ0n) is 45.7. The predicted molar refractivity (Wildman–Crippen MR) is 290 cm³/mol. The Kier molecular flexibility index (Phi) is 11.8. The minimum Gasteiger partial charge on any atom is -0.461 e. The largest absolute Gasteiger partial charge is 0.461 e. The van der Waals surface area contributed by atoms with E-state index in [4.69, 9.17) is 14.5 Å². The molecule has 2 N–H and O–H groups in total. The SMILES string of the molecule is CC(NC1(C)CC([n+]2cn(C)c([C@]3(c4cccc(-c5cnc6c(C(F)(F)F)cc(CNC7(C)CCC7)cn6c5=O)c4)C[C@H](C)C3)n2)C1)c1cc2c(=O)c(-c3cccc([C@]4(c5nncn5C)C[C@@H](C)C4)c3)coc2c(C2(F)CC2)n1. The van der Waals surface area contributed by atoms with Gasteiger partial charge in [0.05, 0.1) is 45.6 Å². The molecular formula is C61H66F4N11O3+. The summed E-state index contributed by atoms with van der Waals surface area (Å²) >= 11 is 0. The van der Waals surface area contributed by atoms with Gasteiger partial charge in [-0.2, -0.15) is 13.2 Å². The van der Waals surface area contributed by atoms with Gasteiger partial charge in [-0.05, 0) is 148 Å². The first kappa shape index (κ1) is 51.5. The Morgan fingerprint density at radius 2 is 1.49 bits per heavy atom. The second-order valence-corrected chi connectivity index (χ2v) is 25.1. The van der Waals surface area contributed by atoms with Gasteiger partial charge in [-0.3, -0.25) is 14.0 Å². The minimum atomic E-state index is -4.71. The number of nitrogens with zero attached hydrogens (tertiary/aromatic N) is 9. The Balaban J connectivity index is 0.754. The number of pyridine rings is 2. The van der Waals surface area contributed by atoms with E-state index in [-0.39, 0.29) is 57.4 Å². The molecule has 6 aromatic heterocycles. The molecule has 0 amide bonds. The van der Waals surface area contributed by atoms with Crippen molar-refractivity contribution in [2.75, 3.05) is 0 Å². The van der Waals surface area contributed by atoms with E-state index in [1.807, 2.05) is 66.9 Å². The zero-order valence-corrected chi connectivity index (χ0v) is 45.7. The van der Waals surface area contributed by atoms with Crippen molar-refractivity contribution >= 4 is 16.6 Å². The van der Waals surface area contributed by atoms with Gasteiger partial charge >= 0.3 is 6.18 Å². The lowest BCUT2D eigenvalue weighted by molar-refractivity contribution is -0.787. The van der Waals surface area contributed by atoms with Crippen LogP contribution < -0.4 is 26.3 Å². The van der Waals surface area contributed by atoms with Crippen LogP contribution in [0, 0.1) is 11.8 Å². The lowest BCUT2D eigenvalue weighted by Gasteiger charge is -2.46. The standard InChI is InChI=1S/C61H66F4N11O3/c1-35-23-58(24-35,54-71-68-33-73(54)6)41-13-9-12-40(21-41)46-32-79-50-44(49(46)77)22-48(69-51(50)60(62)17-18-60)37(3)70-57(5)27-43(28-57)76-34-74(7)55(72-76)59(25-36(2)26-59)42-14-8-11-39(20-42)45-30-66-52-47(61(63,64)65)19-38(31-75(52)53(45)78)29-67-56(4)15-10-16-56/h8-9,11-14,19-22,30-37,43,67,70H,10,15-18,23-29H2,1-7H3/q+1/t35-,36-,37?,43?,57?,58+,59+. The third kappa shape index (κ3) is 8.56. The molecule has 0 spiro atoms. The maximum Gasteiger partial charge on any atom is 0.419 e. The van der Waals surface area contributed by atoms with Crippen LogP contribution in [0.5, 0.6) is 0 Å². The van der Waals surface area contributed by atoms with Crippen molar-refractivity contribution in [2.45, 2.75) is 158 Å². The first-order chi connectivity index (χ1) is 37.6. The summed E-state index contributed by atoms with van der Waals surface area (Å²) in [5.41, 5.74) is 0.0915. The second-order valence-electron chi connectivity index (χ2n) is 25.1.